The van der Waals surface area contributed by atoms with Crippen LogP contribution in [0.2, 0.25) is 0 Å². The van der Waals surface area contributed by atoms with Crippen LogP contribution < -0.4 is 0 Å². The molecular weight excluding hydrogens is 208 g/mol. The summed E-state index contributed by atoms with van der Waals surface area (Å²) < 4.78 is 0. The van der Waals surface area contributed by atoms with Gasteiger partial charge in [-0.2, -0.15) is 0 Å². The second kappa shape index (κ2) is 4.06. The Kier molecular flexibility index (Phi) is 2.86. The van der Waals surface area contributed by atoms with E-state index in [0.717, 1.165) is 5.39 Å². The average molecular weight is 228 g/mol. The lowest BCUT2D eigenvalue weighted by molar-refractivity contribution is 0.372. The maximum absolute atomic E-state index is 9.53. The number of fused-ring (bicyclic) bond motifs is 1. The van der Waals surface area contributed by atoms with Gasteiger partial charge in [-0.05, 0) is 39.8 Å². The Balaban J connectivity index is 2.58. The molecule has 0 aliphatic carbocycles. The summed E-state index contributed by atoms with van der Waals surface area (Å²) in [5.41, 5.74) is 1.48. The third kappa shape index (κ3) is 2.14. The molecule has 2 aromatic rings. The molecule has 0 spiro atoms. The molecule has 1 heteroatoms. The molecule has 0 atom stereocenters. The van der Waals surface area contributed by atoms with Gasteiger partial charge in [0.25, 0.3) is 0 Å². The highest BCUT2D eigenvalue weighted by molar-refractivity contribution is 5.84. The van der Waals surface area contributed by atoms with E-state index in [0.29, 0.717) is 11.7 Å². The lowest BCUT2D eigenvalue weighted by atomic mass is 9.75. The van der Waals surface area contributed by atoms with Crippen LogP contribution in [-0.4, -0.2) is 5.11 Å². The van der Waals surface area contributed by atoms with E-state index < -0.39 is 0 Å². The fraction of sp³-hybridized carbons (Fsp3) is 0.375. The van der Waals surface area contributed by atoms with Crippen molar-refractivity contribution in [1.29, 1.82) is 0 Å². The second-order valence-corrected chi connectivity index (χ2v) is 5.62. The summed E-state index contributed by atoms with van der Waals surface area (Å²) in [6.45, 7) is 9.02. The van der Waals surface area contributed by atoms with Crippen molar-refractivity contribution in [2.75, 3.05) is 0 Å². The van der Waals surface area contributed by atoms with Crippen LogP contribution in [0.25, 0.3) is 10.8 Å². The van der Waals surface area contributed by atoms with E-state index in [-0.39, 0.29) is 5.41 Å². The Morgan fingerprint density at radius 2 is 1.59 bits per heavy atom. The molecule has 90 valence electrons. The zero-order chi connectivity index (χ0) is 12.6. The third-order valence-corrected chi connectivity index (χ3v) is 4.01. The monoisotopic (exact) mass is 228 g/mol. The summed E-state index contributed by atoms with van der Waals surface area (Å²) in [7, 11) is 0. The van der Waals surface area contributed by atoms with E-state index in [2.05, 4.69) is 45.9 Å². The summed E-state index contributed by atoms with van der Waals surface area (Å²) in [6, 6.07) is 12.0. The van der Waals surface area contributed by atoms with E-state index in [1.807, 2.05) is 12.1 Å². The van der Waals surface area contributed by atoms with Gasteiger partial charge < -0.3 is 5.11 Å². The van der Waals surface area contributed by atoms with Crippen molar-refractivity contribution in [3.05, 3.63) is 42.0 Å². The molecule has 0 heterocycles. The van der Waals surface area contributed by atoms with Crippen LogP contribution in [0.5, 0.6) is 5.75 Å². The van der Waals surface area contributed by atoms with Crippen molar-refractivity contribution < 1.29 is 5.11 Å². The van der Waals surface area contributed by atoms with E-state index in [4.69, 9.17) is 0 Å². The Bertz CT molecular complexity index is 538. The molecule has 1 N–H and O–H groups in total. The Morgan fingerprint density at radius 3 is 2.24 bits per heavy atom. The summed E-state index contributed by atoms with van der Waals surface area (Å²) in [5.74, 6) is 0.911. The molecule has 0 aliphatic rings. The SMILES string of the molecule is CC(C)C(C)(C)c1ccc2ccc(O)cc2c1. The minimum Gasteiger partial charge on any atom is -0.508 e. The lowest BCUT2D eigenvalue weighted by Gasteiger charge is -2.30. The van der Waals surface area contributed by atoms with Gasteiger partial charge in [0, 0.05) is 0 Å². The molecule has 0 aliphatic heterocycles. The number of hydrogen-bond acceptors (Lipinski definition) is 1. The molecule has 17 heavy (non-hydrogen) atoms. The minimum absolute atomic E-state index is 0.152. The molecule has 0 fully saturated rings. The quantitative estimate of drug-likeness (QED) is 0.803. The minimum atomic E-state index is 0.152. The van der Waals surface area contributed by atoms with Gasteiger partial charge in [0.05, 0.1) is 0 Å². The van der Waals surface area contributed by atoms with E-state index in [1.165, 1.54) is 10.9 Å². The number of phenols is 1. The number of hydrogen-bond donors (Lipinski definition) is 1. The van der Waals surface area contributed by atoms with Crippen LogP contribution in [0.1, 0.15) is 33.3 Å². The highest BCUT2D eigenvalue weighted by Crippen LogP contribution is 2.33. The van der Waals surface area contributed by atoms with Gasteiger partial charge in [-0.25, -0.2) is 0 Å². The van der Waals surface area contributed by atoms with Gasteiger partial charge >= 0.3 is 0 Å². The van der Waals surface area contributed by atoms with Crippen molar-refractivity contribution in [1.82, 2.24) is 0 Å². The van der Waals surface area contributed by atoms with Gasteiger partial charge in [-0.15, -0.1) is 0 Å². The Hall–Kier alpha value is -1.50. The smallest absolute Gasteiger partial charge is 0.116 e. The molecule has 0 saturated heterocycles. The number of benzene rings is 2. The molecule has 0 saturated carbocycles. The van der Waals surface area contributed by atoms with Gasteiger partial charge in [0.15, 0.2) is 0 Å². The van der Waals surface area contributed by atoms with Crippen molar-refractivity contribution in [2.45, 2.75) is 33.1 Å². The molecule has 0 radical (unpaired) electrons. The van der Waals surface area contributed by atoms with E-state index >= 15 is 0 Å². The van der Waals surface area contributed by atoms with Crippen molar-refractivity contribution in [2.24, 2.45) is 5.92 Å². The zero-order valence-corrected chi connectivity index (χ0v) is 11.0. The summed E-state index contributed by atoms with van der Waals surface area (Å²) in [4.78, 5) is 0. The first kappa shape index (κ1) is 12.0. The fourth-order valence-corrected chi connectivity index (χ4v) is 1.97. The third-order valence-electron chi connectivity index (χ3n) is 4.01. The first-order valence-electron chi connectivity index (χ1n) is 6.14. The average Bonchev–Trinajstić information content (AvgIpc) is 2.27. The highest BCUT2D eigenvalue weighted by atomic mass is 16.3. The predicted molar refractivity (Wildman–Crippen MR) is 73.5 cm³/mol. The van der Waals surface area contributed by atoms with Gasteiger partial charge in [-0.1, -0.05) is 52.0 Å². The van der Waals surface area contributed by atoms with Gasteiger partial charge in [-0.3, -0.25) is 0 Å². The summed E-state index contributed by atoms with van der Waals surface area (Å²) in [6.07, 6.45) is 0. The van der Waals surface area contributed by atoms with Crippen molar-refractivity contribution in [3.63, 3.8) is 0 Å². The Morgan fingerprint density at radius 1 is 0.941 bits per heavy atom. The van der Waals surface area contributed by atoms with Crippen LogP contribution in [0.15, 0.2) is 36.4 Å². The van der Waals surface area contributed by atoms with Gasteiger partial charge in [0.1, 0.15) is 5.75 Å². The van der Waals surface area contributed by atoms with Crippen molar-refractivity contribution >= 4 is 10.8 Å². The molecular formula is C16H20O. The van der Waals surface area contributed by atoms with Crippen LogP contribution in [0, 0.1) is 5.92 Å². The largest absolute Gasteiger partial charge is 0.508 e. The summed E-state index contributed by atoms with van der Waals surface area (Å²) >= 11 is 0. The van der Waals surface area contributed by atoms with Crippen LogP contribution in [0.4, 0.5) is 0 Å². The Labute approximate surface area is 103 Å². The van der Waals surface area contributed by atoms with E-state index in [9.17, 15) is 5.11 Å². The second-order valence-electron chi connectivity index (χ2n) is 5.62. The molecule has 0 aromatic heterocycles. The lowest BCUT2D eigenvalue weighted by Crippen LogP contribution is -2.24. The van der Waals surface area contributed by atoms with Gasteiger partial charge in [0.2, 0.25) is 0 Å². The fourth-order valence-electron chi connectivity index (χ4n) is 1.97. The number of phenolic OH excluding ortho intramolecular Hbond substituents is 1. The predicted octanol–water partition coefficient (Wildman–Crippen LogP) is 4.48. The number of rotatable bonds is 2. The standard InChI is InChI=1S/C16H20O/c1-11(2)16(3,4)14-7-5-12-6-8-15(17)10-13(12)9-14/h5-11,17H,1-4H3. The topological polar surface area (TPSA) is 20.2 Å². The molecule has 0 unspecified atom stereocenters. The highest BCUT2D eigenvalue weighted by Gasteiger charge is 2.24. The molecule has 0 bridgehead atoms. The first-order chi connectivity index (χ1) is 7.91. The normalized spacial score (nSPS) is 12.3. The molecule has 0 amide bonds. The van der Waals surface area contributed by atoms with Crippen LogP contribution in [-0.2, 0) is 5.41 Å². The molecule has 2 aromatic carbocycles. The van der Waals surface area contributed by atoms with Crippen LogP contribution in [0.3, 0.4) is 0 Å². The van der Waals surface area contributed by atoms with Crippen LogP contribution >= 0.6 is 0 Å². The zero-order valence-electron chi connectivity index (χ0n) is 11.0. The first-order valence-corrected chi connectivity index (χ1v) is 6.14. The maximum atomic E-state index is 9.53. The molecule has 2 rings (SSSR count). The van der Waals surface area contributed by atoms with E-state index in [1.54, 1.807) is 6.07 Å². The molecule has 1 nitrogen and oxygen atoms in total. The number of aromatic hydroxyl groups is 1. The maximum Gasteiger partial charge on any atom is 0.116 e. The van der Waals surface area contributed by atoms with Crippen molar-refractivity contribution in [3.8, 4) is 5.75 Å². The summed E-state index contributed by atoms with van der Waals surface area (Å²) in [5, 5.41) is 11.8.